The van der Waals surface area contributed by atoms with Crippen LogP contribution in [0.3, 0.4) is 0 Å². The average molecular weight is 431 g/mol. The largest absolute Gasteiger partial charge is 0.491 e. The number of halogens is 2. The van der Waals surface area contributed by atoms with Gasteiger partial charge in [-0.3, -0.25) is 0 Å². The third-order valence-electron chi connectivity index (χ3n) is 7.42. The third-order valence-corrected chi connectivity index (χ3v) is 7.42. The smallest absolute Gasteiger partial charge is 0.201 e. The van der Waals surface area contributed by atoms with Crippen LogP contribution in [0.15, 0.2) is 30.4 Å². The minimum absolute atomic E-state index is 0.00703. The van der Waals surface area contributed by atoms with E-state index in [1.165, 1.54) is 57.8 Å². The lowest BCUT2D eigenvalue weighted by Crippen LogP contribution is -2.23. The first-order chi connectivity index (χ1) is 15.1. The third kappa shape index (κ3) is 6.67. The van der Waals surface area contributed by atoms with E-state index in [1.807, 2.05) is 0 Å². The molecule has 0 bridgehead atoms. The molecule has 1 aromatic carbocycles. The molecule has 3 heteroatoms. The summed E-state index contributed by atoms with van der Waals surface area (Å²) in [5.41, 5.74) is 1.37. The van der Waals surface area contributed by atoms with Gasteiger partial charge in [0.2, 0.25) is 5.82 Å². The maximum atomic E-state index is 14.6. The molecule has 0 heterocycles. The first-order valence-electron chi connectivity index (χ1n) is 12.5. The zero-order valence-electron chi connectivity index (χ0n) is 19.5. The standard InChI is InChI=1S/C28H40F2O/c1-3-5-6-7-8-9-10-21-11-13-22(14-12-21)23-15-17-24(18-16-23)25-19-20-26(31-4-2)28(30)27(25)29/h3,5,17,19-23H,4,6-16,18H2,1-2H3. The molecule has 1 saturated carbocycles. The van der Waals surface area contributed by atoms with Gasteiger partial charge in [-0.25, -0.2) is 4.39 Å². The molecular formula is C28H40F2O. The topological polar surface area (TPSA) is 9.23 Å². The molecule has 0 aromatic heterocycles. The van der Waals surface area contributed by atoms with Crippen LogP contribution in [0.4, 0.5) is 8.78 Å². The van der Waals surface area contributed by atoms with Crippen LogP contribution in [-0.2, 0) is 0 Å². The van der Waals surface area contributed by atoms with Crippen molar-refractivity contribution in [1.82, 2.24) is 0 Å². The van der Waals surface area contributed by atoms with Gasteiger partial charge >= 0.3 is 0 Å². The van der Waals surface area contributed by atoms with Gasteiger partial charge in [0, 0.05) is 5.56 Å². The van der Waals surface area contributed by atoms with Gasteiger partial charge in [0.05, 0.1) is 6.61 Å². The molecule has 1 atom stereocenters. The molecule has 0 spiro atoms. The molecule has 2 aliphatic rings. The monoisotopic (exact) mass is 430 g/mol. The second kappa shape index (κ2) is 12.4. The van der Waals surface area contributed by atoms with Crippen LogP contribution in [0, 0.1) is 29.4 Å². The number of ether oxygens (including phenoxy) is 1. The summed E-state index contributed by atoms with van der Waals surface area (Å²) < 4.78 is 34.0. The van der Waals surface area contributed by atoms with Crippen LogP contribution < -0.4 is 4.74 Å². The summed E-state index contributed by atoms with van der Waals surface area (Å²) >= 11 is 0. The van der Waals surface area contributed by atoms with Crippen LogP contribution in [0.5, 0.6) is 5.75 Å². The van der Waals surface area contributed by atoms with Crippen molar-refractivity contribution in [2.75, 3.05) is 6.61 Å². The van der Waals surface area contributed by atoms with Crippen LogP contribution in [0.25, 0.3) is 5.57 Å². The van der Waals surface area contributed by atoms with Crippen molar-refractivity contribution in [3.8, 4) is 5.75 Å². The van der Waals surface area contributed by atoms with Crippen molar-refractivity contribution in [2.45, 2.75) is 90.9 Å². The van der Waals surface area contributed by atoms with Gasteiger partial charge in [0.15, 0.2) is 11.6 Å². The molecule has 0 radical (unpaired) electrons. The van der Waals surface area contributed by atoms with Gasteiger partial charge < -0.3 is 4.74 Å². The first kappa shape index (κ1) is 24.0. The Morgan fingerprint density at radius 2 is 1.77 bits per heavy atom. The second-order valence-corrected chi connectivity index (χ2v) is 9.42. The van der Waals surface area contributed by atoms with E-state index in [2.05, 4.69) is 25.2 Å². The lowest BCUT2D eigenvalue weighted by atomic mass is 9.70. The summed E-state index contributed by atoms with van der Waals surface area (Å²) in [5.74, 6) is 0.831. The SMILES string of the molecule is CC=CCCCCCC1CCC(C2CC=C(c3ccc(OCC)c(F)c3F)CC2)CC1. The van der Waals surface area contributed by atoms with Crippen LogP contribution in [0.2, 0.25) is 0 Å². The summed E-state index contributed by atoms with van der Waals surface area (Å²) in [6.45, 7) is 4.20. The molecule has 1 aromatic rings. The van der Waals surface area contributed by atoms with Crippen molar-refractivity contribution in [3.05, 3.63) is 47.6 Å². The second-order valence-electron chi connectivity index (χ2n) is 9.42. The number of hydrogen-bond acceptors (Lipinski definition) is 1. The molecular weight excluding hydrogens is 390 g/mol. The molecule has 0 saturated heterocycles. The van der Waals surface area contributed by atoms with E-state index >= 15 is 0 Å². The number of rotatable bonds is 10. The van der Waals surface area contributed by atoms with Gasteiger partial charge in [0.25, 0.3) is 0 Å². The van der Waals surface area contributed by atoms with E-state index in [0.29, 0.717) is 18.1 Å². The quantitative estimate of drug-likeness (QED) is 0.266. The number of hydrogen-bond donors (Lipinski definition) is 0. The molecule has 0 N–H and O–H groups in total. The van der Waals surface area contributed by atoms with Crippen molar-refractivity contribution >= 4 is 5.57 Å². The lowest BCUT2D eigenvalue weighted by Gasteiger charge is -2.35. The first-order valence-corrected chi connectivity index (χ1v) is 12.5. The summed E-state index contributed by atoms with van der Waals surface area (Å²) in [4.78, 5) is 0. The molecule has 31 heavy (non-hydrogen) atoms. The minimum atomic E-state index is -0.859. The number of unbranched alkanes of at least 4 members (excludes halogenated alkanes) is 3. The highest BCUT2D eigenvalue weighted by molar-refractivity contribution is 5.67. The number of benzene rings is 1. The summed E-state index contributed by atoms with van der Waals surface area (Å²) in [5, 5.41) is 0. The van der Waals surface area contributed by atoms with E-state index in [9.17, 15) is 8.78 Å². The highest BCUT2D eigenvalue weighted by Crippen LogP contribution is 2.43. The van der Waals surface area contributed by atoms with Gasteiger partial charge in [-0.2, -0.15) is 4.39 Å². The lowest BCUT2D eigenvalue weighted by molar-refractivity contribution is 0.187. The molecule has 1 fully saturated rings. The number of allylic oxidation sites excluding steroid dienone is 4. The van der Waals surface area contributed by atoms with E-state index in [1.54, 1.807) is 19.1 Å². The summed E-state index contributed by atoms with van der Waals surface area (Å²) in [7, 11) is 0. The molecule has 1 nitrogen and oxygen atoms in total. The minimum Gasteiger partial charge on any atom is -0.491 e. The van der Waals surface area contributed by atoms with Gasteiger partial charge in [-0.1, -0.05) is 50.3 Å². The Hall–Kier alpha value is -1.64. The van der Waals surface area contributed by atoms with E-state index in [4.69, 9.17) is 4.74 Å². The van der Waals surface area contributed by atoms with E-state index in [-0.39, 0.29) is 5.75 Å². The molecule has 3 rings (SSSR count). The Morgan fingerprint density at radius 1 is 0.968 bits per heavy atom. The molecule has 0 aliphatic heterocycles. The molecule has 172 valence electrons. The Morgan fingerprint density at radius 3 is 2.45 bits per heavy atom. The Bertz CT molecular complexity index is 744. The highest BCUT2D eigenvalue weighted by Gasteiger charge is 2.29. The van der Waals surface area contributed by atoms with Crippen LogP contribution >= 0.6 is 0 Å². The van der Waals surface area contributed by atoms with E-state index in [0.717, 1.165) is 36.7 Å². The predicted octanol–water partition coefficient (Wildman–Crippen LogP) is 8.88. The van der Waals surface area contributed by atoms with Crippen LogP contribution in [-0.4, -0.2) is 6.61 Å². The maximum absolute atomic E-state index is 14.6. The van der Waals surface area contributed by atoms with E-state index < -0.39 is 11.6 Å². The van der Waals surface area contributed by atoms with Crippen molar-refractivity contribution in [3.63, 3.8) is 0 Å². The fourth-order valence-electron chi connectivity index (χ4n) is 5.56. The average Bonchev–Trinajstić information content (AvgIpc) is 2.80. The van der Waals surface area contributed by atoms with Crippen molar-refractivity contribution in [1.29, 1.82) is 0 Å². The zero-order valence-corrected chi connectivity index (χ0v) is 19.5. The molecule has 1 unspecified atom stereocenters. The fourth-order valence-corrected chi connectivity index (χ4v) is 5.56. The maximum Gasteiger partial charge on any atom is 0.201 e. The zero-order chi connectivity index (χ0) is 22.1. The van der Waals surface area contributed by atoms with Gasteiger partial charge in [-0.15, -0.1) is 0 Å². The summed E-state index contributed by atoms with van der Waals surface area (Å²) in [6, 6.07) is 3.24. The normalized spacial score (nSPS) is 24.4. The van der Waals surface area contributed by atoms with Gasteiger partial charge in [-0.05, 0) is 94.3 Å². The van der Waals surface area contributed by atoms with Gasteiger partial charge in [0.1, 0.15) is 0 Å². The molecule has 2 aliphatic carbocycles. The Balaban J connectivity index is 1.44. The summed E-state index contributed by atoms with van der Waals surface area (Å²) in [6.07, 6.45) is 21.7. The fraction of sp³-hybridized carbons (Fsp3) is 0.643. The Kier molecular flexibility index (Phi) is 9.61. The van der Waals surface area contributed by atoms with Crippen LogP contribution in [0.1, 0.15) is 96.5 Å². The Labute approximate surface area is 188 Å². The van der Waals surface area contributed by atoms with Crippen molar-refractivity contribution in [2.24, 2.45) is 17.8 Å². The highest BCUT2D eigenvalue weighted by atomic mass is 19.2. The molecule has 0 amide bonds. The predicted molar refractivity (Wildman–Crippen MR) is 126 cm³/mol. The van der Waals surface area contributed by atoms with Crippen molar-refractivity contribution < 1.29 is 13.5 Å².